The molecular weight excluding hydrogens is 269 g/mol. The molecule has 3 nitrogen and oxygen atoms in total. The highest BCUT2D eigenvalue weighted by Crippen LogP contribution is 2.22. The van der Waals surface area contributed by atoms with Crippen molar-refractivity contribution in [3.8, 4) is 0 Å². The van der Waals surface area contributed by atoms with Crippen LogP contribution in [0.15, 0.2) is 30.5 Å². The Morgan fingerprint density at radius 3 is 2.70 bits per heavy atom. The van der Waals surface area contributed by atoms with Crippen LogP contribution in [0.3, 0.4) is 0 Å². The molecule has 20 heavy (non-hydrogen) atoms. The van der Waals surface area contributed by atoms with Crippen LogP contribution in [-0.2, 0) is 17.8 Å². The van der Waals surface area contributed by atoms with E-state index in [0.29, 0.717) is 6.54 Å². The normalized spacial score (nSPS) is 12.2. The summed E-state index contributed by atoms with van der Waals surface area (Å²) >= 11 is 0. The Hall–Kier alpha value is -1.53. The number of para-hydroxylation sites is 1. The topological polar surface area (TPSA) is 26.2 Å². The molecule has 0 unspecified atom stereocenters. The maximum atomic E-state index is 12.0. The average molecular weight is 286 g/mol. The number of aromatic nitrogens is 1. The predicted octanol–water partition coefficient (Wildman–Crippen LogP) is 3.29. The Morgan fingerprint density at radius 1 is 1.25 bits per heavy atom. The van der Waals surface area contributed by atoms with Gasteiger partial charge in [0.05, 0.1) is 6.61 Å². The smallest absolute Gasteiger partial charge is 0.345 e. The maximum absolute atomic E-state index is 12.0. The van der Waals surface area contributed by atoms with Crippen molar-refractivity contribution in [1.82, 2.24) is 9.88 Å². The van der Waals surface area contributed by atoms with Crippen molar-refractivity contribution in [3.05, 3.63) is 36.0 Å². The van der Waals surface area contributed by atoms with E-state index in [-0.39, 0.29) is 13.2 Å². The van der Waals surface area contributed by atoms with E-state index in [1.165, 1.54) is 0 Å². The lowest BCUT2D eigenvalue weighted by molar-refractivity contribution is -0.325. The summed E-state index contributed by atoms with van der Waals surface area (Å²) in [6.07, 6.45) is -2.69. The third-order valence-corrected chi connectivity index (χ3v) is 3.03. The van der Waals surface area contributed by atoms with E-state index in [1.54, 1.807) is 4.57 Å². The third kappa shape index (κ3) is 3.74. The number of nitrogens with one attached hydrogen (secondary N) is 1. The van der Waals surface area contributed by atoms with Gasteiger partial charge in [-0.2, -0.15) is 0 Å². The molecule has 0 fully saturated rings. The van der Waals surface area contributed by atoms with E-state index >= 15 is 0 Å². The molecule has 1 aromatic carbocycles. The van der Waals surface area contributed by atoms with Crippen molar-refractivity contribution in [2.75, 3.05) is 13.2 Å². The highest BCUT2D eigenvalue weighted by Gasteiger charge is 2.28. The zero-order valence-electron chi connectivity index (χ0n) is 11.2. The van der Waals surface area contributed by atoms with Gasteiger partial charge in [0.15, 0.2) is 0 Å². The number of benzene rings is 1. The van der Waals surface area contributed by atoms with Gasteiger partial charge in [0.1, 0.15) is 0 Å². The van der Waals surface area contributed by atoms with Crippen LogP contribution < -0.4 is 5.32 Å². The first-order chi connectivity index (χ1) is 9.51. The molecule has 0 radical (unpaired) electrons. The van der Waals surface area contributed by atoms with Gasteiger partial charge >= 0.3 is 6.36 Å². The number of alkyl halides is 3. The molecule has 0 saturated carbocycles. The van der Waals surface area contributed by atoms with Gasteiger partial charge in [-0.3, -0.25) is 4.74 Å². The van der Waals surface area contributed by atoms with Crippen molar-refractivity contribution < 1.29 is 17.9 Å². The van der Waals surface area contributed by atoms with Crippen LogP contribution in [0, 0.1) is 0 Å². The Balaban J connectivity index is 2.16. The molecule has 0 saturated heterocycles. The molecule has 0 aliphatic heterocycles. The molecule has 2 aromatic rings. The van der Waals surface area contributed by atoms with Gasteiger partial charge in [-0.1, -0.05) is 25.1 Å². The number of halogens is 3. The Labute approximate surface area is 115 Å². The number of hydrogen-bond donors (Lipinski definition) is 1. The quantitative estimate of drug-likeness (QED) is 0.882. The predicted molar refractivity (Wildman–Crippen MR) is 71.3 cm³/mol. The van der Waals surface area contributed by atoms with E-state index in [9.17, 15) is 13.2 Å². The van der Waals surface area contributed by atoms with Gasteiger partial charge < -0.3 is 9.88 Å². The average Bonchev–Trinajstić information content (AvgIpc) is 2.74. The molecule has 0 atom stereocenters. The van der Waals surface area contributed by atoms with Crippen LogP contribution in [-0.4, -0.2) is 24.1 Å². The summed E-state index contributed by atoms with van der Waals surface area (Å²) < 4.78 is 41.6. The van der Waals surface area contributed by atoms with Gasteiger partial charge in [-0.05, 0) is 18.2 Å². The van der Waals surface area contributed by atoms with Crippen molar-refractivity contribution in [1.29, 1.82) is 0 Å². The van der Waals surface area contributed by atoms with E-state index in [0.717, 1.165) is 23.0 Å². The van der Waals surface area contributed by atoms with Gasteiger partial charge in [0.25, 0.3) is 0 Å². The van der Waals surface area contributed by atoms with Gasteiger partial charge in [0.2, 0.25) is 0 Å². The molecule has 0 amide bonds. The lowest BCUT2D eigenvalue weighted by Crippen LogP contribution is -2.17. The van der Waals surface area contributed by atoms with Gasteiger partial charge in [-0.25, -0.2) is 0 Å². The summed E-state index contributed by atoms with van der Waals surface area (Å²) in [4.78, 5) is 0. The second-order valence-electron chi connectivity index (χ2n) is 4.44. The number of rotatable bonds is 6. The molecule has 1 aromatic heterocycles. The fourth-order valence-electron chi connectivity index (χ4n) is 2.17. The van der Waals surface area contributed by atoms with E-state index in [2.05, 4.69) is 10.1 Å². The monoisotopic (exact) mass is 286 g/mol. The van der Waals surface area contributed by atoms with Crippen LogP contribution >= 0.6 is 0 Å². The summed E-state index contributed by atoms with van der Waals surface area (Å²) in [5.74, 6) is 0. The second kappa shape index (κ2) is 6.28. The van der Waals surface area contributed by atoms with Crippen LogP contribution in [0.4, 0.5) is 13.2 Å². The van der Waals surface area contributed by atoms with E-state index in [1.807, 2.05) is 37.4 Å². The first-order valence-electron chi connectivity index (χ1n) is 6.49. The fraction of sp³-hybridized carbons (Fsp3) is 0.429. The molecule has 2 rings (SSSR count). The zero-order chi connectivity index (χ0) is 14.6. The van der Waals surface area contributed by atoms with Crippen molar-refractivity contribution in [2.45, 2.75) is 26.4 Å². The summed E-state index contributed by atoms with van der Waals surface area (Å²) in [5, 5.41) is 4.28. The number of nitrogens with zero attached hydrogens (tertiary/aromatic N) is 1. The van der Waals surface area contributed by atoms with Crippen LogP contribution in [0.25, 0.3) is 10.9 Å². The SMILES string of the molecule is CCNCc1cn(CCOC(F)(F)F)c2ccccc12. The Morgan fingerprint density at radius 2 is 2.00 bits per heavy atom. The number of ether oxygens (including phenoxy) is 1. The summed E-state index contributed by atoms with van der Waals surface area (Å²) in [7, 11) is 0. The Kier molecular flexibility index (Phi) is 4.67. The molecule has 1 N–H and O–H groups in total. The second-order valence-corrected chi connectivity index (χ2v) is 4.44. The van der Waals surface area contributed by atoms with Gasteiger partial charge in [0, 0.05) is 30.2 Å². The first-order valence-corrected chi connectivity index (χ1v) is 6.49. The maximum Gasteiger partial charge on any atom is 0.522 e. The van der Waals surface area contributed by atoms with Crippen LogP contribution in [0.5, 0.6) is 0 Å². The molecule has 0 aliphatic rings. The molecule has 1 heterocycles. The summed E-state index contributed by atoms with van der Waals surface area (Å²) in [6, 6.07) is 7.68. The molecule has 0 aliphatic carbocycles. The highest BCUT2D eigenvalue weighted by atomic mass is 19.4. The van der Waals surface area contributed by atoms with Crippen LogP contribution in [0.2, 0.25) is 0 Å². The van der Waals surface area contributed by atoms with Crippen molar-refractivity contribution in [3.63, 3.8) is 0 Å². The summed E-state index contributed by atoms with van der Waals surface area (Å²) in [5.41, 5.74) is 2.00. The lowest BCUT2D eigenvalue weighted by atomic mass is 10.2. The number of fused-ring (bicyclic) bond motifs is 1. The lowest BCUT2D eigenvalue weighted by Gasteiger charge is -2.08. The fourth-order valence-corrected chi connectivity index (χ4v) is 2.17. The van der Waals surface area contributed by atoms with E-state index < -0.39 is 6.36 Å². The minimum absolute atomic E-state index is 0.173. The van der Waals surface area contributed by atoms with Crippen LogP contribution in [0.1, 0.15) is 12.5 Å². The van der Waals surface area contributed by atoms with Crippen molar-refractivity contribution in [2.24, 2.45) is 0 Å². The molecule has 0 spiro atoms. The minimum atomic E-state index is -4.57. The summed E-state index contributed by atoms with van der Waals surface area (Å²) in [6.45, 7) is 3.34. The number of hydrogen-bond acceptors (Lipinski definition) is 2. The largest absolute Gasteiger partial charge is 0.522 e. The zero-order valence-corrected chi connectivity index (χ0v) is 11.2. The first kappa shape index (κ1) is 14.9. The Bertz CT molecular complexity index is 563. The minimum Gasteiger partial charge on any atom is -0.345 e. The molecule has 0 bridgehead atoms. The molecule has 6 heteroatoms. The molecule has 110 valence electrons. The van der Waals surface area contributed by atoms with E-state index in [4.69, 9.17) is 0 Å². The highest BCUT2D eigenvalue weighted by molar-refractivity contribution is 5.83. The van der Waals surface area contributed by atoms with Crippen molar-refractivity contribution >= 4 is 10.9 Å². The third-order valence-electron chi connectivity index (χ3n) is 3.03. The standard InChI is InChI=1S/C14H17F3N2O/c1-2-18-9-11-10-19(7-8-20-14(15,16)17)13-6-4-3-5-12(11)13/h3-6,10,18H,2,7-9H2,1H3. The van der Waals surface area contributed by atoms with Gasteiger partial charge in [-0.15, -0.1) is 13.2 Å². The molecular formula is C14H17F3N2O.